The number of ether oxygens (including phenoxy) is 2. The Morgan fingerprint density at radius 1 is 0.967 bits per heavy atom. The maximum Gasteiger partial charge on any atom is 0.328 e. The van der Waals surface area contributed by atoms with Crippen molar-refractivity contribution in [3.05, 3.63) is 65.2 Å². The fourth-order valence-electron chi connectivity index (χ4n) is 4.28. The van der Waals surface area contributed by atoms with E-state index < -0.39 is 17.4 Å². The third-order valence-electron chi connectivity index (χ3n) is 6.10. The summed E-state index contributed by atoms with van der Waals surface area (Å²) < 4.78 is 10.2. The van der Waals surface area contributed by atoms with Gasteiger partial charge in [0.1, 0.15) is 11.8 Å². The van der Waals surface area contributed by atoms with Gasteiger partial charge in [0.25, 0.3) is 0 Å². The van der Waals surface area contributed by atoms with E-state index in [-0.39, 0.29) is 5.91 Å². The first-order valence-electron chi connectivity index (χ1n) is 10.5. The number of aryl methyl sites for hydroxylation is 1. The van der Waals surface area contributed by atoms with Gasteiger partial charge in [-0.25, -0.2) is 4.79 Å². The molecule has 2 aromatic carbocycles. The summed E-state index contributed by atoms with van der Waals surface area (Å²) in [7, 11) is 3.00. The molecule has 1 aliphatic carbocycles. The molecule has 0 bridgehead atoms. The van der Waals surface area contributed by atoms with Gasteiger partial charge in [-0.15, -0.1) is 0 Å². The molecule has 30 heavy (non-hydrogen) atoms. The molecule has 5 heteroatoms. The molecule has 160 valence electrons. The van der Waals surface area contributed by atoms with Crippen molar-refractivity contribution in [2.45, 2.75) is 51.5 Å². The summed E-state index contributed by atoms with van der Waals surface area (Å²) in [5.74, 6) is 0.326. The minimum Gasteiger partial charge on any atom is -0.497 e. The van der Waals surface area contributed by atoms with Crippen LogP contribution in [0.15, 0.2) is 48.5 Å². The van der Waals surface area contributed by atoms with Gasteiger partial charge in [-0.2, -0.15) is 0 Å². The summed E-state index contributed by atoms with van der Waals surface area (Å²) in [5, 5.41) is 3.02. The Morgan fingerprint density at radius 3 is 2.13 bits per heavy atom. The van der Waals surface area contributed by atoms with Crippen LogP contribution < -0.4 is 10.1 Å². The molecule has 1 amide bonds. The van der Waals surface area contributed by atoms with Crippen LogP contribution in [0.2, 0.25) is 0 Å². The summed E-state index contributed by atoms with van der Waals surface area (Å²) in [6.45, 7) is 2.02. The van der Waals surface area contributed by atoms with Crippen molar-refractivity contribution in [2.75, 3.05) is 14.2 Å². The van der Waals surface area contributed by atoms with Gasteiger partial charge in [-0.3, -0.25) is 4.79 Å². The van der Waals surface area contributed by atoms with Crippen LogP contribution in [0.5, 0.6) is 5.75 Å². The zero-order valence-corrected chi connectivity index (χ0v) is 18.1. The fraction of sp³-hybridized carbons (Fsp3) is 0.440. The number of carbonyl (C=O) groups excluding carboxylic acids is 2. The maximum atomic E-state index is 13.4. The Balaban J connectivity index is 1.76. The number of carbonyl (C=O) groups is 2. The highest BCUT2D eigenvalue weighted by Crippen LogP contribution is 2.41. The van der Waals surface area contributed by atoms with E-state index in [1.54, 1.807) is 7.11 Å². The van der Waals surface area contributed by atoms with Gasteiger partial charge in [-0.05, 0) is 49.4 Å². The van der Waals surface area contributed by atoms with Crippen LogP contribution in [0.3, 0.4) is 0 Å². The number of amides is 1. The molecular weight excluding hydrogens is 378 g/mol. The normalized spacial score (nSPS) is 16.0. The molecule has 0 aliphatic heterocycles. The van der Waals surface area contributed by atoms with Crippen LogP contribution >= 0.6 is 0 Å². The van der Waals surface area contributed by atoms with Crippen molar-refractivity contribution in [3.63, 3.8) is 0 Å². The molecule has 1 aliphatic rings. The molecule has 0 radical (unpaired) electrons. The zero-order chi connectivity index (χ0) is 21.6. The molecule has 0 aromatic heterocycles. The molecule has 5 nitrogen and oxygen atoms in total. The van der Waals surface area contributed by atoms with Gasteiger partial charge in [0.05, 0.1) is 19.6 Å². The lowest BCUT2D eigenvalue weighted by Gasteiger charge is -2.30. The largest absolute Gasteiger partial charge is 0.497 e. The molecule has 3 rings (SSSR count). The van der Waals surface area contributed by atoms with Crippen molar-refractivity contribution in [2.24, 2.45) is 5.41 Å². The first-order chi connectivity index (χ1) is 14.5. The molecule has 0 spiro atoms. The van der Waals surface area contributed by atoms with Crippen LogP contribution in [0.25, 0.3) is 0 Å². The summed E-state index contributed by atoms with van der Waals surface area (Å²) in [4.78, 5) is 25.8. The van der Waals surface area contributed by atoms with Crippen molar-refractivity contribution < 1.29 is 19.1 Å². The summed E-state index contributed by atoms with van der Waals surface area (Å²) in [5.41, 5.74) is 2.75. The van der Waals surface area contributed by atoms with Gasteiger partial charge in [0.15, 0.2) is 0 Å². The first kappa shape index (κ1) is 21.9. The van der Waals surface area contributed by atoms with E-state index in [2.05, 4.69) is 5.32 Å². The molecular formula is C25H31NO4. The molecule has 0 saturated heterocycles. The number of rotatable bonds is 8. The quantitative estimate of drug-likeness (QED) is 0.669. The lowest BCUT2D eigenvalue weighted by Crippen LogP contribution is -2.49. The van der Waals surface area contributed by atoms with Crippen LogP contribution in [0.1, 0.15) is 42.4 Å². The average molecular weight is 410 g/mol. The SMILES string of the molecule is COC(=O)C(Cc1ccc(C)cc1)NC(=O)C1(Cc2ccc(OC)cc2)CCCC1. The smallest absolute Gasteiger partial charge is 0.328 e. The van der Waals surface area contributed by atoms with Crippen LogP contribution in [0.4, 0.5) is 0 Å². The van der Waals surface area contributed by atoms with E-state index in [0.29, 0.717) is 12.8 Å². The van der Waals surface area contributed by atoms with E-state index in [9.17, 15) is 9.59 Å². The predicted molar refractivity (Wildman–Crippen MR) is 116 cm³/mol. The second-order valence-electron chi connectivity index (χ2n) is 8.25. The zero-order valence-electron chi connectivity index (χ0n) is 18.1. The van der Waals surface area contributed by atoms with Gasteiger partial charge in [-0.1, -0.05) is 54.8 Å². The van der Waals surface area contributed by atoms with E-state index in [0.717, 1.165) is 48.1 Å². The lowest BCUT2D eigenvalue weighted by atomic mass is 9.78. The summed E-state index contributed by atoms with van der Waals surface area (Å²) >= 11 is 0. The second kappa shape index (κ2) is 9.79. The first-order valence-corrected chi connectivity index (χ1v) is 10.5. The summed E-state index contributed by atoms with van der Waals surface area (Å²) in [6, 6.07) is 15.2. The second-order valence-corrected chi connectivity index (χ2v) is 8.25. The Hall–Kier alpha value is -2.82. The fourth-order valence-corrected chi connectivity index (χ4v) is 4.28. The van der Waals surface area contributed by atoms with Gasteiger partial charge < -0.3 is 14.8 Å². The predicted octanol–water partition coefficient (Wildman–Crippen LogP) is 4.01. The third kappa shape index (κ3) is 5.21. The lowest BCUT2D eigenvalue weighted by molar-refractivity contribution is -0.146. The number of nitrogens with one attached hydrogen (secondary N) is 1. The molecule has 2 aromatic rings. The average Bonchev–Trinajstić information content (AvgIpc) is 3.24. The van der Waals surface area contributed by atoms with Gasteiger partial charge in [0, 0.05) is 6.42 Å². The van der Waals surface area contributed by atoms with Gasteiger partial charge >= 0.3 is 5.97 Å². The van der Waals surface area contributed by atoms with E-state index in [4.69, 9.17) is 9.47 Å². The number of hydrogen-bond donors (Lipinski definition) is 1. The Morgan fingerprint density at radius 2 is 1.57 bits per heavy atom. The monoisotopic (exact) mass is 409 g/mol. The van der Waals surface area contributed by atoms with Crippen LogP contribution in [-0.2, 0) is 27.2 Å². The van der Waals surface area contributed by atoms with Crippen molar-refractivity contribution >= 4 is 11.9 Å². The minimum atomic E-state index is -0.696. The maximum absolute atomic E-state index is 13.4. The van der Waals surface area contributed by atoms with E-state index in [1.165, 1.54) is 7.11 Å². The Labute approximate surface area is 178 Å². The number of esters is 1. The van der Waals surface area contributed by atoms with Crippen LogP contribution in [-0.4, -0.2) is 32.1 Å². The molecule has 1 unspecified atom stereocenters. The van der Waals surface area contributed by atoms with Crippen molar-refractivity contribution in [1.82, 2.24) is 5.32 Å². The van der Waals surface area contributed by atoms with Crippen molar-refractivity contribution in [3.8, 4) is 5.75 Å². The number of benzene rings is 2. The molecule has 1 atom stereocenters. The number of hydrogen-bond acceptors (Lipinski definition) is 4. The Kier molecular flexibility index (Phi) is 7.14. The minimum absolute atomic E-state index is 0.0571. The molecule has 0 heterocycles. The molecule has 1 fully saturated rings. The summed E-state index contributed by atoms with van der Waals surface area (Å²) in [6.07, 6.45) is 4.75. The van der Waals surface area contributed by atoms with E-state index >= 15 is 0 Å². The molecule has 1 N–H and O–H groups in total. The van der Waals surface area contributed by atoms with Crippen molar-refractivity contribution in [1.29, 1.82) is 0 Å². The highest BCUT2D eigenvalue weighted by atomic mass is 16.5. The van der Waals surface area contributed by atoms with Crippen LogP contribution in [0, 0.1) is 12.3 Å². The topological polar surface area (TPSA) is 64.6 Å². The molecule has 1 saturated carbocycles. The highest BCUT2D eigenvalue weighted by molar-refractivity contribution is 5.88. The third-order valence-corrected chi connectivity index (χ3v) is 6.10. The van der Waals surface area contributed by atoms with Gasteiger partial charge in [0.2, 0.25) is 5.91 Å². The highest BCUT2D eigenvalue weighted by Gasteiger charge is 2.42. The standard InChI is InChI=1S/C25H31NO4/c1-18-6-8-19(9-7-18)16-22(23(27)30-3)26-24(28)25(14-4-5-15-25)17-20-10-12-21(29-2)13-11-20/h6-13,22H,4-5,14-17H2,1-3H3,(H,26,28). The number of methoxy groups -OCH3 is 2. The van der Waals surface area contributed by atoms with E-state index in [1.807, 2.05) is 55.5 Å². The Bertz CT molecular complexity index is 852.